The van der Waals surface area contributed by atoms with E-state index < -0.39 is 21.7 Å². The van der Waals surface area contributed by atoms with Crippen molar-refractivity contribution in [3.05, 3.63) is 29.8 Å². The molecule has 7 heteroatoms. The SMILES string of the molecule is CCOC(=O)CS(=O)(=O)N(C)Cc1cccc(N)c1. The lowest BCUT2D eigenvalue weighted by molar-refractivity contribution is -0.140. The maximum atomic E-state index is 11.9. The van der Waals surface area contributed by atoms with E-state index in [4.69, 9.17) is 5.73 Å². The predicted molar refractivity (Wildman–Crippen MR) is 72.7 cm³/mol. The number of esters is 1. The van der Waals surface area contributed by atoms with Crippen LogP contribution < -0.4 is 5.73 Å². The van der Waals surface area contributed by atoms with Crippen LogP contribution in [-0.2, 0) is 26.1 Å². The van der Waals surface area contributed by atoms with Crippen molar-refractivity contribution in [2.45, 2.75) is 13.5 Å². The van der Waals surface area contributed by atoms with E-state index in [1.807, 2.05) is 0 Å². The lowest BCUT2D eigenvalue weighted by atomic mass is 10.2. The highest BCUT2D eigenvalue weighted by molar-refractivity contribution is 7.89. The number of sulfonamides is 1. The smallest absolute Gasteiger partial charge is 0.322 e. The van der Waals surface area contributed by atoms with Crippen molar-refractivity contribution >= 4 is 21.7 Å². The van der Waals surface area contributed by atoms with Crippen LogP contribution in [0.3, 0.4) is 0 Å². The molecule has 0 saturated carbocycles. The number of hydrogen-bond acceptors (Lipinski definition) is 5. The molecule has 0 bridgehead atoms. The first-order valence-corrected chi connectivity index (χ1v) is 7.40. The maximum absolute atomic E-state index is 11.9. The summed E-state index contributed by atoms with van der Waals surface area (Å²) in [6.45, 7) is 1.95. The van der Waals surface area contributed by atoms with Gasteiger partial charge in [0, 0.05) is 19.3 Å². The summed E-state index contributed by atoms with van der Waals surface area (Å²) >= 11 is 0. The van der Waals surface area contributed by atoms with Crippen LogP contribution in [0, 0.1) is 0 Å². The highest BCUT2D eigenvalue weighted by Gasteiger charge is 2.22. The van der Waals surface area contributed by atoms with Crippen molar-refractivity contribution in [1.29, 1.82) is 0 Å². The van der Waals surface area contributed by atoms with Gasteiger partial charge in [0.2, 0.25) is 10.0 Å². The molecule has 0 amide bonds. The molecule has 0 atom stereocenters. The fourth-order valence-corrected chi connectivity index (χ4v) is 2.46. The van der Waals surface area contributed by atoms with Gasteiger partial charge in [-0.25, -0.2) is 12.7 Å². The Morgan fingerprint density at radius 2 is 2.11 bits per heavy atom. The standard InChI is InChI=1S/C12H18N2O4S/c1-3-18-12(15)9-19(16,17)14(2)8-10-5-4-6-11(13)7-10/h4-7H,3,8-9,13H2,1-2H3. The summed E-state index contributed by atoms with van der Waals surface area (Å²) in [6.07, 6.45) is 0. The van der Waals surface area contributed by atoms with Gasteiger partial charge in [0.15, 0.2) is 5.75 Å². The summed E-state index contributed by atoms with van der Waals surface area (Å²) in [5.41, 5.74) is 6.94. The second-order valence-corrected chi connectivity index (χ2v) is 6.14. The second-order valence-electron chi connectivity index (χ2n) is 4.06. The van der Waals surface area contributed by atoms with Crippen LogP contribution in [0.25, 0.3) is 0 Å². The molecule has 1 aromatic rings. The largest absolute Gasteiger partial charge is 0.465 e. The molecular formula is C12H18N2O4S. The average Bonchev–Trinajstić information content (AvgIpc) is 2.28. The molecule has 0 unspecified atom stereocenters. The number of anilines is 1. The minimum atomic E-state index is -3.67. The normalized spacial score (nSPS) is 11.5. The van der Waals surface area contributed by atoms with Crippen molar-refractivity contribution in [2.75, 3.05) is 25.1 Å². The van der Waals surface area contributed by atoms with Crippen LogP contribution >= 0.6 is 0 Å². The number of nitrogens with zero attached hydrogens (tertiary/aromatic N) is 1. The van der Waals surface area contributed by atoms with Crippen molar-refractivity contribution in [3.8, 4) is 0 Å². The topological polar surface area (TPSA) is 89.7 Å². The zero-order valence-corrected chi connectivity index (χ0v) is 11.8. The minimum absolute atomic E-state index is 0.160. The molecule has 0 spiro atoms. The zero-order valence-electron chi connectivity index (χ0n) is 11.0. The summed E-state index contributed by atoms with van der Waals surface area (Å²) in [4.78, 5) is 11.2. The Kier molecular flexibility index (Phi) is 5.31. The molecule has 0 aromatic heterocycles. The molecule has 2 N–H and O–H groups in total. The first-order valence-electron chi connectivity index (χ1n) is 5.79. The Hall–Kier alpha value is -1.60. The molecule has 0 fully saturated rings. The molecule has 0 aliphatic heterocycles. The lowest BCUT2D eigenvalue weighted by Crippen LogP contribution is -2.32. The Morgan fingerprint density at radius 1 is 1.42 bits per heavy atom. The van der Waals surface area contributed by atoms with Crippen LogP contribution in [0.4, 0.5) is 5.69 Å². The van der Waals surface area contributed by atoms with E-state index in [0.717, 1.165) is 9.87 Å². The summed E-state index contributed by atoms with van der Waals surface area (Å²) in [6, 6.07) is 6.93. The third-order valence-electron chi connectivity index (χ3n) is 2.44. The van der Waals surface area contributed by atoms with Gasteiger partial charge in [0.25, 0.3) is 0 Å². The van der Waals surface area contributed by atoms with Crippen LogP contribution in [0.5, 0.6) is 0 Å². The molecule has 106 valence electrons. The Labute approximate surface area is 113 Å². The van der Waals surface area contributed by atoms with Gasteiger partial charge in [0.05, 0.1) is 6.61 Å². The number of carbonyl (C=O) groups is 1. The number of ether oxygens (including phenoxy) is 1. The van der Waals surface area contributed by atoms with Gasteiger partial charge in [-0.05, 0) is 24.6 Å². The molecule has 6 nitrogen and oxygen atoms in total. The van der Waals surface area contributed by atoms with Crippen LogP contribution in [-0.4, -0.2) is 38.1 Å². The number of nitrogen functional groups attached to an aromatic ring is 1. The predicted octanol–water partition coefficient (Wildman–Crippen LogP) is 0.594. The second kappa shape index (κ2) is 6.53. The summed E-state index contributed by atoms with van der Waals surface area (Å²) in [5.74, 6) is -1.40. The summed E-state index contributed by atoms with van der Waals surface area (Å²) < 4.78 is 29.5. The van der Waals surface area contributed by atoms with E-state index in [9.17, 15) is 13.2 Å². The third kappa shape index (κ3) is 4.88. The van der Waals surface area contributed by atoms with E-state index in [0.29, 0.717) is 5.69 Å². The molecular weight excluding hydrogens is 268 g/mol. The highest BCUT2D eigenvalue weighted by atomic mass is 32.2. The molecule has 1 rings (SSSR count). The first kappa shape index (κ1) is 15.5. The number of nitrogens with two attached hydrogens (primary N) is 1. The van der Waals surface area contributed by atoms with E-state index in [2.05, 4.69) is 4.74 Å². The number of hydrogen-bond donors (Lipinski definition) is 1. The summed E-state index contributed by atoms with van der Waals surface area (Å²) in [7, 11) is -2.26. The molecule has 0 saturated heterocycles. The Bertz CT molecular complexity index is 542. The number of carbonyl (C=O) groups excluding carboxylic acids is 1. The van der Waals surface area contributed by atoms with Crippen molar-refractivity contribution < 1.29 is 17.9 Å². The molecule has 1 aromatic carbocycles. The van der Waals surface area contributed by atoms with E-state index in [-0.39, 0.29) is 13.2 Å². The van der Waals surface area contributed by atoms with Gasteiger partial charge < -0.3 is 10.5 Å². The zero-order chi connectivity index (χ0) is 14.5. The molecule has 0 heterocycles. The Balaban J connectivity index is 2.71. The molecule has 0 aliphatic carbocycles. The minimum Gasteiger partial charge on any atom is -0.465 e. The van der Waals surface area contributed by atoms with Gasteiger partial charge in [-0.15, -0.1) is 0 Å². The van der Waals surface area contributed by atoms with Crippen LogP contribution in [0.2, 0.25) is 0 Å². The monoisotopic (exact) mass is 286 g/mol. The van der Waals surface area contributed by atoms with E-state index in [1.165, 1.54) is 7.05 Å². The number of benzene rings is 1. The van der Waals surface area contributed by atoms with Gasteiger partial charge >= 0.3 is 5.97 Å². The van der Waals surface area contributed by atoms with Crippen molar-refractivity contribution in [1.82, 2.24) is 4.31 Å². The van der Waals surface area contributed by atoms with Crippen molar-refractivity contribution in [2.24, 2.45) is 0 Å². The van der Waals surface area contributed by atoms with Gasteiger partial charge in [-0.2, -0.15) is 0 Å². The fourth-order valence-electron chi connectivity index (χ4n) is 1.51. The maximum Gasteiger partial charge on any atom is 0.322 e. The number of rotatable bonds is 6. The quantitative estimate of drug-likeness (QED) is 0.610. The fraction of sp³-hybridized carbons (Fsp3) is 0.417. The Morgan fingerprint density at radius 3 is 2.68 bits per heavy atom. The molecule has 0 radical (unpaired) electrons. The van der Waals surface area contributed by atoms with Gasteiger partial charge in [-0.3, -0.25) is 4.79 Å². The van der Waals surface area contributed by atoms with E-state index in [1.54, 1.807) is 31.2 Å². The summed E-state index contributed by atoms with van der Waals surface area (Å²) in [5, 5.41) is 0. The van der Waals surface area contributed by atoms with E-state index >= 15 is 0 Å². The molecule has 19 heavy (non-hydrogen) atoms. The highest BCUT2D eigenvalue weighted by Crippen LogP contribution is 2.11. The first-order chi connectivity index (χ1) is 8.85. The average molecular weight is 286 g/mol. The third-order valence-corrected chi connectivity index (χ3v) is 4.12. The van der Waals surface area contributed by atoms with Gasteiger partial charge in [0.1, 0.15) is 0 Å². The van der Waals surface area contributed by atoms with Gasteiger partial charge in [-0.1, -0.05) is 12.1 Å². The molecule has 0 aliphatic rings. The van der Waals surface area contributed by atoms with Crippen LogP contribution in [0.1, 0.15) is 12.5 Å². The lowest BCUT2D eigenvalue weighted by Gasteiger charge is -2.16. The van der Waals surface area contributed by atoms with Crippen LogP contribution in [0.15, 0.2) is 24.3 Å². The van der Waals surface area contributed by atoms with Crippen molar-refractivity contribution in [3.63, 3.8) is 0 Å².